The summed E-state index contributed by atoms with van der Waals surface area (Å²) in [6.07, 6.45) is 4.46. The number of ether oxygens (including phenoxy) is 1. The predicted octanol–water partition coefficient (Wildman–Crippen LogP) is 3.85. The van der Waals surface area contributed by atoms with Crippen molar-refractivity contribution >= 4 is 5.91 Å². The Hall–Kier alpha value is -2.09. The Morgan fingerprint density at radius 1 is 1.29 bits per heavy atom. The van der Waals surface area contributed by atoms with Crippen LogP contribution in [0.3, 0.4) is 0 Å². The van der Waals surface area contributed by atoms with Crippen molar-refractivity contribution in [2.75, 3.05) is 26.3 Å². The normalized spacial score (nSPS) is 17.2. The molecular weight excluding hydrogens is 348 g/mol. The average Bonchev–Trinajstić information content (AvgIpc) is 2.68. The highest BCUT2D eigenvalue weighted by molar-refractivity contribution is 5.78. The van der Waals surface area contributed by atoms with Crippen molar-refractivity contribution in [2.45, 2.75) is 59.2 Å². The number of carbonyl (C=O) groups is 1. The number of benzene rings is 1. The highest BCUT2D eigenvalue weighted by Crippen LogP contribution is 2.21. The number of nitrogens with zero attached hydrogens (tertiary/aromatic N) is 2. The summed E-state index contributed by atoms with van der Waals surface area (Å²) in [6, 6.07) is 8.51. The summed E-state index contributed by atoms with van der Waals surface area (Å²) in [7, 11) is 0. The smallest absolute Gasteiger partial charge is 0.223 e. The van der Waals surface area contributed by atoms with E-state index in [-0.39, 0.29) is 11.9 Å². The SMILES string of the molecule is C/C=C\C(C)(C#Cc1ccc(CN2CCOCC2)cc1)N(C(=O)CC)C(C)C. The van der Waals surface area contributed by atoms with Crippen LogP contribution in [0, 0.1) is 11.8 Å². The Labute approximate surface area is 170 Å². The Balaban J connectivity index is 2.18. The lowest BCUT2D eigenvalue weighted by Gasteiger charge is -2.38. The first-order valence-electron chi connectivity index (χ1n) is 10.3. The summed E-state index contributed by atoms with van der Waals surface area (Å²) in [5, 5.41) is 0. The van der Waals surface area contributed by atoms with E-state index in [0.717, 1.165) is 38.4 Å². The zero-order valence-electron chi connectivity index (χ0n) is 18.0. The van der Waals surface area contributed by atoms with Crippen LogP contribution in [0.15, 0.2) is 36.4 Å². The minimum atomic E-state index is -0.623. The van der Waals surface area contributed by atoms with Crippen LogP contribution >= 0.6 is 0 Å². The zero-order chi connectivity index (χ0) is 20.6. The fourth-order valence-electron chi connectivity index (χ4n) is 3.67. The van der Waals surface area contributed by atoms with Gasteiger partial charge in [-0.3, -0.25) is 9.69 Å². The van der Waals surface area contributed by atoms with Gasteiger partial charge in [0, 0.05) is 37.7 Å². The third-order valence-corrected chi connectivity index (χ3v) is 5.00. The Bertz CT molecular complexity index is 721. The van der Waals surface area contributed by atoms with E-state index in [4.69, 9.17) is 4.74 Å². The van der Waals surface area contributed by atoms with Gasteiger partial charge in [-0.25, -0.2) is 0 Å². The number of amides is 1. The van der Waals surface area contributed by atoms with Crippen LogP contribution in [0.1, 0.15) is 52.2 Å². The van der Waals surface area contributed by atoms with Gasteiger partial charge in [-0.05, 0) is 45.4 Å². The topological polar surface area (TPSA) is 32.8 Å². The van der Waals surface area contributed by atoms with Gasteiger partial charge in [-0.15, -0.1) is 0 Å². The van der Waals surface area contributed by atoms with Crippen LogP contribution in [0.4, 0.5) is 0 Å². The molecule has 0 saturated carbocycles. The maximum absolute atomic E-state index is 12.5. The second-order valence-electron chi connectivity index (χ2n) is 7.69. The average molecular weight is 383 g/mol. The second kappa shape index (κ2) is 10.5. The number of hydrogen-bond donors (Lipinski definition) is 0. The molecule has 1 atom stereocenters. The van der Waals surface area contributed by atoms with Gasteiger partial charge in [0.2, 0.25) is 5.91 Å². The maximum atomic E-state index is 12.5. The van der Waals surface area contributed by atoms with Gasteiger partial charge in [0.1, 0.15) is 5.54 Å². The minimum Gasteiger partial charge on any atom is -0.379 e. The molecule has 1 unspecified atom stereocenters. The number of rotatable bonds is 6. The molecule has 152 valence electrons. The first-order valence-corrected chi connectivity index (χ1v) is 10.3. The van der Waals surface area contributed by atoms with Gasteiger partial charge < -0.3 is 9.64 Å². The van der Waals surface area contributed by atoms with E-state index in [1.807, 2.05) is 51.7 Å². The van der Waals surface area contributed by atoms with Crippen LogP contribution in [-0.2, 0) is 16.1 Å². The van der Waals surface area contributed by atoms with Gasteiger partial charge in [0.25, 0.3) is 0 Å². The highest BCUT2D eigenvalue weighted by atomic mass is 16.5. The van der Waals surface area contributed by atoms with Crippen LogP contribution in [0.2, 0.25) is 0 Å². The zero-order valence-corrected chi connectivity index (χ0v) is 18.0. The number of allylic oxidation sites excluding steroid dienone is 1. The molecule has 1 aliphatic rings. The summed E-state index contributed by atoms with van der Waals surface area (Å²) in [6.45, 7) is 14.5. The molecule has 4 nitrogen and oxygen atoms in total. The van der Waals surface area contributed by atoms with Crippen molar-refractivity contribution in [3.8, 4) is 11.8 Å². The lowest BCUT2D eigenvalue weighted by atomic mass is 9.96. The van der Waals surface area contributed by atoms with E-state index in [9.17, 15) is 4.79 Å². The largest absolute Gasteiger partial charge is 0.379 e. The van der Waals surface area contributed by atoms with Gasteiger partial charge >= 0.3 is 0 Å². The first kappa shape index (κ1) is 22.2. The molecule has 0 radical (unpaired) electrons. The fourth-order valence-corrected chi connectivity index (χ4v) is 3.67. The number of hydrogen-bond acceptors (Lipinski definition) is 3. The number of morpholine rings is 1. The summed E-state index contributed by atoms with van der Waals surface area (Å²) in [5.74, 6) is 6.76. The minimum absolute atomic E-state index is 0.0823. The standard InChI is InChI=1S/C24H34N2O2/c1-6-13-24(5,26(20(3)4)23(27)7-2)14-12-21-8-10-22(11-9-21)19-25-15-17-28-18-16-25/h6,8-11,13,20H,7,15-19H2,1-5H3/b13-6-. The summed E-state index contributed by atoms with van der Waals surface area (Å²) in [5.41, 5.74) is 1.63. The molecule has 0 aromatic heterocycles. The predicted molar refractivity (Wildman–Crippen MR) is 115 cm³/mol. The summed E-state index contributed by atoms with van der Waals surface area (Å²) in [4.78, 5) is 16.8. The third-order valence-electron chi connectivity index (χ3n) is 5.00. The molecule has 2 rings (SSSR count). The molecule has 1 amide bonds. The van der Waals surface area contributed by atoms with Crippen LogP contribution in [0.5, 0.6) is 0 Å². The number of carbonyl (C=O) groups excluding carboxylic acids is 1. The van der Waals surface area contributed by atoms with E-state index in [2.05, 4.69) is 41.0 Å². The third kappa shape index (κ3) is 5.95. The van der Waals surface area contributed by atoms with Gasteiger partial charge in [0.05, 0.1) is 13.2 Å². The Morgan fingerprint density at radius 2 is 1.93 bits per heavy atom. The van der Waals surface area contributed by atoms with E-state index < -0.39 is 5.54 Å². The monoisotopic (exact) mass is 382 g/mol. The van der Waals surface area contributed by atoms with Crippen molar-refractivity contribution in [1.29, 1.82) is 0 Å². The maximum Gasteiger partial charge on any atom is 0.223 e. The molecule has 0 N–H and O–H groups in total. The first-order chi connectivity index (χ1) is 13.4. The fraction of sp³-hybridized carbons (Fsp3) is 0.542. The lowest BCUT2D eigenvalue weighted by Crippen LogP contribution is -2.51. The molecule has 4 heteroatoms. The van der Waals surface area contributed by atoms with E-state index in [1.54, 1.807) is 0 Å². The molecule has 1 aromatic carbocycles. The van der Waals surface area contributed by atoms with Gasteiger partial charge in [0.15, 0.2) is 0 Å². The Kier molecular flexibility index (Phi) is 8.29. The molecule has 28 heavy (non-hydrogen) atoms. The molecule has 1 heterocycles. The van der Waals surface area contributed by atoms with Crippen molar-refractivity contribution in [3.63, 3.8) is 0 Å². The molecule has 0 bridgehead atoms. The Morgan fingerprint density at radius 3 is 2.46 bits per heavy atom. The van der Waals surface area contributed by atoms with Crippen molar-refractivity contribution in [2.24, 2.45) is 0 Å². The summed E-state index contributed by atoms with van der Waals surface area (Å²) < 4.78 is 5.41. The molecule has 0 aliphatic carbocycles. The van der Waals surface area contributed by atoms with Gasteiger partial charge in [-0.2, -0.15) is 0 Å². The van der Waals surface area contributed by atoms with E-state index in [1.165, 1.54) is 5.56 Å². The molecule has 1 fully saturated rings. The van der Waals surface area contributed by atoms with Gasteiger partial charge in [-0.1, -0.05) is 43.0 Å². The van der Waals surface area contributed by atoms with Crippen LogP contribution in [0.25, 0.3) is 0 Å². The molecule has 0 spiro atoms. The van der Waals surface area contributed by atoms with Crippen molar-refractivity contribution in [3.05, 3.63) is 47.5 Å². The lowest BCUT2D eigenvalue weighted by molar-refractivity contribution is -0.135. The molecule has 1 saturated heterocycles. The second-order valence-corrected chi connectivity index (χ2v) is 7.69. The summed E-state index contributed by atoms with van der Waals surface area (Å²) >= 11 is 0. The molecule has 1 aliphatic heterocycles. The highest BCUT2D eigenvalue weighted by Gasteiger charge is 2.32. The molecular formula is C24H34N2O2. The van der Waals surface area contributed by atoms with Crippen LogP contribution < -0.4 is 0 Å². The van der Waals surface area contributed by atoms with Crippen LogP contribution in [-0.4, -0.2) is 53.6 Å². The van der Waals surface area contributed by atoms with Crippen molar-refractivity contribution < 1.29 is 9.53 Å². The van der Waals surface area contributed by atoms with Crippen molar-refractivity contribution in [1.82, 2.24) is 9.80 Å². The molecule has 1 aromatic rings. The van der Waals surface area contributed by atoms with E-state index >= 15 is 0 Å². The quantitative estimate of drug-likeness (QED) is 0.553. The van der Waals surface area contributed by atoms with E-state index in [0.29, 0.717) is 6.42 Å².